The molecule has 0 radical (unpaired) electrons. The summed E-state index contributed by atoms with van der Waals surface area (Å²) in [6.45, 7) is 9.76. The van der Waals surface area contributed by atoms with Crippen LogP contribution in [0, 0.1) is 24.8 Å². The summed E-state index contributed by atoms with van der Waals surface area (Å²) < 4.78 is 4.57. The molecule has 0 aliphatic rings. The monoisotopic (exact) mass is 624 g/mol. The normalized spacial score (nSPS) is 11.3. The Morgan fingerprint density at radius 3 is 1.94 bits per heavy atom. The van der Waals surface area contributed by atoms with E-state index in [0.29, 0.717) is 11.3 Å². The molecule has 0 aliphatic carbocycles. The molecule has 9 rings (SSSR count). The van der Waals surface area contributed by atoms with Crippen LogP contribution in [0.2, 0.25) is 0 Å². The summed E-state index contributed by atoms with van der Waals surface area (Å²) in [6, 6.07) is 55.0. The molecule has 0 saturated carbocycles. The van der Waals surface area contributed by atoms with Gasteiger partial charge >= 0.3 is 0 Å². The highest BCUT2D eigenvalue weighted by Gasteiger charge is 2.21. The van der Waals surface area contributed by atoms with Crippen LogP contribution in [0.3, 0.4) is 0 Å². The van der Waals surface area contributed by atoms with Crippen molar-refractivity contribution in [3.05, 3.63) is 174 Å². The molecule has 0 amide bonds. The Labute approximate surface area is 283 Å². The predicted molar refractivity (Wildman–Crippen MR) is 202 cm³/mol. The fourth-order valence-electron chi connectivity index (χ4n) is 7.47. The summed E-state index contributed by atoms with van der Waals surface area (Å²) in [4.78, 5) is 3.72. The highest BCUT2D eigenvalue weighted by atomic mass is 15.0. The van der Waals surface area contributed by atoms with Crippen molar-refractivity contribution < 1.29 is 0 Å². The van der Waals surface area contributed by atoms with Gasteiger partial charge in [-0.2, -0.15) is 5.26 Å². The Hall–Kier alpha value is -6.88. The third-order valence-electron chi connectivity index (χ3n) is 9.63. The largest absolute Gasteiger partial charge is 0.309 e. The van der Waals surface area contributed by atoms with Gasteiger partial charge in [-0.15, -0.1) is 0 Å². The number of hydrogen-bond donors (Lipinski definition) is 0. The molecule has 0 bridgehead atoms. The number of rotatable bonds is 4. The van der Waals surface area contributed by atoms with E-state index in [9.17, 15) is 5.26 Å². The summed E-state index contributed by atoms with van der Waals surface area (Å²) in [6.07, 6.45) is 0. The lowest BCUT2D eigenvalue weighted by Gasteiger charge is -2.19. The van der Waals surface area contributed by atoms with Crippen molar-refractivity contribution in [3.8, 4) is 39.7 Å². The predicted octanol–water partition coefficient (Wildman–Crippen LogP) is 11.9. The van der Waals surface area contributed by atoms with Gasteiger partial charge in [0.2, 0.25) is 0 Å². The van der Waals surface area contributed by atoms with Crippen LogP contribution in [0.25, 0.3) is 82.1 Å². The van der Waals surface area contributed by atoms with Crippen LogP contribution in [0.4, 0.5) is 5.69 Å². The zero-order valence-electron chi connectivity index (χ0n) is 26.7. The summed E-state index contributed by atoms with van der Waals surface area (Å²) in [5.41, 5.74) is 12.8. The van der Waals surface area contributed by atoms with Gasteiger partial charge in [-0.1, -0.05) is 103 Å². The molecule has 2 aromatic heterocycles. The summed E-state index contributed by atoms with van der Waals surface area (Å²) in [5.74, 6) is 0. The van der Waals surface area contributed by atoms with E-state index in [1.165, 1.54) is 10.9 Å². The first kappa shape index (κ1) is 28.4. The number of aryl methyl sites for hydroxylation is 1. The molecule has 0 unspecified atom stereocenters. The van der Waals surface area contributed by atoms with Gasteiger partial charge < -0.3 is 9.13 Å². The topological polar surface area (TPSA) is 38.0 Å². The molecule has 4 nitrogen and oxygen atoms in total. The second kappa shape index (κ2) is 11.1. The van der Waals surface area contributed by atoms with Crippen LogP contribution in [-0.4, -0.2) is 9.13 Å². The minimum absolute atomic E-state index is 0.615. The quantitative estimate of drug-likeness (QED) is 0.180. The Balaban J connectivity index is 1.35. The highest BCUT2D eigenvalue weighted by molar-refractivity contribution is 6.12. The van der Waals surface area contributed by atoms with Crippen molar-refractivity contribution in [3.63, 3.8) is 0 Å². The van der Waals surface area contributed by atoms with E-state index >= 15 is 0 Å². The standard InChI is InChI=1S/C45H28N4/c1-29-19-22-44-38(25-29)35-14-7-9-18-41(35)49(44)45-32(28-46)13-10-16-34(45)31-20-23-42(37(26-31)30-11-4-3-5-12-30)48-40-17-8-6-15-36(40)39-27-33(47-2)21-24-43(39)48/h3-27H,1H3. The van der Waals surface area contributed by atoms with Crippen molar-refractivity contribution >= 4 is 49.3 Å². The molecule has 2 heterocycles. The molecule has 7 aromatic carbocycles. The fourth-order valence-corrected chi connectivity index (χ4v) is 7.47. The fraction of sp³-hybridized carbons (Fsp3) is 0.0222. The molecular formula is C45H28N4. The first-order valence-corrected chi connectivity index (χ1v) is 16.3. The zero-order valence-corrected chi connectivity index (χ0v) is 26.7. The van der Waals surface area contributed by atoms with Crippen molar-refractivity contribution in [2.24, 2.45) is 0 Å². The zero-order chi connectivity index (χ0) is 33.1. The lowest BCUT2D eigenvalue weighted by molar-refractivity contribution is 1.16. The molecule has 0 N–H and O–H groups in total. The highest BCUT2D eigenvalue weighted by Crippen LogP contribution is 2.42. The lowest BCUT2D eigenvalue weighted by Crippen LogP contribution is -2.02. The minimum Gasteiger partial charge on any atom is -0.309 e. The van der Waals surface area contributed by atoms with Crippen LogP contribution in [0.1, 0.15) is 11.1 Å². The lowest BCUT2D eigenvalue weighted by atomic mass is 9.94. The average Bonchev–Trinajstić information content (AvgIpc) is 3.66. The van der Waals surface area contributed by atoms with Gasteiger partial charge in [0, 0.05) is 27.3 Å². The van der Waals surface area contributed by atoms with E-state index in [-0.39, 0.29) is 0 Å². The summed E-state index contributed by atoms with van der Waals surface area (Å²) in [7, 11) is 0. The number of para-hydroxylation sites is 3. The maximum atomic E-state index is 10.5. The van der Waals surface area contributed by atoms with E-state index in [0.717, 1.165) is 71.9 Å². The number of aromatic nitrogens is 2. The maximum absolute atomic E-state index is 10.5. The van der Waals surface area contributed by atoms with Gasteiger partial charge in [0.05, 0.1) is 45.6 Å². The molecule has 0 saturated heterocycles. The average molecular weight is 625 g/mol. The molecule has 0 aliphatic heterocycles. The van der Waals surface area contributed by atoms with Gasteiger partial charge in [-0.3, -0.25) is 0 Å². The van der Waals surface area contributed by atoms with Gasteiger partial charge in [-0.25, -0.2) is 4.85 Å². The maximum Gasteiger partial charge on any atom is 0.188 e. The van der Waals surface area contributed by atoms with Crippen LogP contribution in [0.15, 0.2) is 152 Å². The molecule has 9 aromatic rings. The van der Waals surface area contributed by atoms with Crippen LogP contribution in [0.5, 0.6) is 0 Å². The summed E-state index contributed by atoms with van der Waals surface area (Å²) in [5, 5.41) is 15.0. The van der Waals surface area contributed by atoms with E-state index in [1.54, 1.807) is 0 Å². The smallest absolute Gasteiger partial charge is 0.188 e. The number of benzene rings is 7. The van der Waals surface area contributed by atoms with Gasteiger partial charge in [0.15, 0.2) is 5.69 Å². The van der Waals surface area contributed by atoms with Crippen LogP contribution < -0.4 is 0 Å². The molecule has 4 heteroatoms. The van der Waals surface area contributed by atoms with E-state index in [2.05, 4.69) is 148 Å². The number of fused-ring (bicyclic) bond motifs is 6. The first-order valence-electron chi connectivity index (χ1n) is 16.3. The van der Waals surface area contributed by atoms with Gasteiger partial charge in [-0.05, 0) is 78.0 Å². The molecule has 0 fully saturated rings. The Bertz CT molecular complexity index is 2860. The second-order valence-electron chi connectivity index (χ2n) is 12.5. The number of nitriles is 1. The van der Waals surface area contributed by atoms with E-state index in [4.69, 9.17) is 6.57 Å². The second-order valence-corrected chi connectivity index (χ2v) is 12.5. The van der Waals surface area contributed by atoms with Gasteiger partial charge in [0.25, 0.3) is 0 Å². The van der Waals surface area contributed by atoms with Gasteiger partial charge in [0.1, 0.15) is 6.07 Å². The minimum atomic E-state index is 0.615. The molecular weight excluding hydrogens is 597 g/mol. The Morgan fingerprint density at radius 2 is 1.18 bits per heavy atom. The van der Waals surface area contributed by atoms with Crippen molar-refractivity contribution in [2.75, 3.05) is 0 Å². The van der Waals surface area contributed by atoms with Crippen molar-refractivity contribution in [1.82, 2.24) is 9.13 Å². The van der Waals surface area contributed by atoms with E-state index in [1.807, 2.05) is 30.3 Å². The molecule has 49 heavy (non-hydrogen) atoms. The van der Waals surface area contributed by atoms with Crippen molar-refractivity contribution in [2.45, 2.75) is 6.92 Å². The number of nitrogens with zero attached hydrogens (tertiary/aromatic N) is 4. The van der Waals surface area contributed by atoms with Crippen LogP contribution in [-0.2, 0) is 0 Å². The molecule has 0 spiro atoms. The van der Waals surface area contributed by atoms with E-state index < -0.39 is 0 Å². The molecule has 228 valence electrons. The van der Waals surface area contributed by atoms with Crippen LogP contribution >= 0.6 is 0 Å². The Morgan fingerprint density at radius 1 is 0.531 bits per heavy atom. The first-order chi connectivity index (χ1) is 24.1. The number of hydrogen-bond acceptors (Lipinski definition) is 1. The summed E-state index contributed by atoms with van der Waals surface area (Å²) >= 11 is 0. The Kier molecular flexibility index (Phi) is 6.44. The van der Waals surface area contributed by atoms with Crippen molar-refractivity contribution in [1.29, 1.82) is 5.26 Å². The SMILES string of the molecule is [C-]#[N+]c1ccc2c(c1)c1ccccc1n2-c1ccc(-c2cccc(C#N)c2-n2c3ccccc3c3cc(C)ccc32)cc1-c1ccccc1. The third-order valence-corrected chi connectivity index (χ3v) is 9.63. The molecule has 0 atom stereocenters. The third kappa shape index (κ3) is 4.36.